The quantitative estimate of drug-likeness (QED) is 0.826. The minimum Gasteiger partial charge on any atom is -0.497 e. The molecule has 1 aliphatic rings. The number of hydrogen-bond acceptors (Lipinski definition) is 5. The van der Waals surface area contributed by atoms with E-state index in [-0.39, 0.29) is 42.3 Å². The van der Waals surface area contributed by atoms with E-state index in [1.807, 2.05) is 13.8 Å². The highest BCUT2D eigenvalue weighted by molar-refractivity contribution is 7.91. The van der Waals surface area contributed by atoms with Crippen LogP contribution in [0.4, 0.5) is 0 Å². The van der Waals surface area contributed by atoms with Gasteiger partial charge in [0.05, 0.1) is 18.6 Å². The van der Waals surface area contributed by atoms with Crippen LogP contribution in [0.2, 0.25) is 0 Å². The number of sulfone groups is 1. The number of ether oxygens (including phenoxy) is 1. The van der Waals surface area contributed by atoms with Crippen molar-refractivity contribution in [2.45, 2.75) is 19.9 Å². The summed E-state index contributed by atoms with van der Waals surface area (Å²) in [5.74, 6) is -0.131. The van der Waals surface area contributed by atoms with E-state index in [2.05, 4.69) is 5.32 Å². The van der Waals surface area contributed by atoms with Crippen LogP contribution in [0.25, 0.3) is 0 Å². The Balaban J connectivity index is 2.06. The highest BCUT2D eigenvalue weighted by Gasteiger charge is 2.32. The average molecular weight is 368 g/mol. The van der Waals surface area contributed by atoms with Crippen LogP contribution in [0.1, 0.15) is 24.2 Å². The van der Waals surface area contributed by atoms with Gasteiger partial charge in [-0.25, -0.2) is 8.42 Å². The lowest BCUT2D eigenvalue weighted by Crippen LogP contribution is -2.54. The maximum atomic E-state index is 12.7. The molecule has 1 heterocycles. The van der Waals surface area contributed by atoms with E-state index >= 15 is 0 Å². The summed E-state index contributed by atoms with van der Waals surface area (Å²) in [6.07, 6.45) is 0. The van der Waals surface area contributed by atoms with Gasteiger partial charge in [0.15, 0.2) is 9.84 Å². The smallest absolute Gasteiger partial charge is 0.251 e. The molecule has 0 aromatic heterocycles. The third-order valence-corrected chi connectivity index (χ3v) is 5.84. The summed E-state index contributed by atoms with van der Waals surface area (Å²) >= 11 is 0. The summed E-state index contributed by atoms with van der Waals surface area (Å²) < 4.78 is 28.1. The molecule has 1 fully saturated rings. The van der Waals surface area contributed by atoms with Gasteiger partial charge in [-0.3, -0.25) is 9.59 Å². The lowest BCUT2D eigenvalue weighted by atomic mass is 10.0. The lowest BCUT2D eigenvalue weighted by Gasteiger charge is -2.32. The van der Waals surface area contributed by atoms with Crippen LogP contribution in [0.15, 0.2) is 24.3 Å². The van der Waals surface area contributed by atoms with E-state index in [1.165, 1.54) is 4.90 Å². The fraction of sp³-hybridized carbons (Fsp3) is 0.529. The minimum atomic E-state index is -3.06. The number of rotatable bonds is 5. The fourth-order valence-corrected chi connectivity index (χ4v) is 3.81. The zero-order valence-corrected chi connectivity index (χ0v) is 15.5. The standard InChI is InChI=1S/C17H24N2O5S/c1-12(2)15(17(21)19-8-10-25(22,23)11-9-19)18-16(20)13-4-6-14(24-3)7-5-13/h4-7,12,15H,8-11H2,1-3H3,(H,18,20). The molecule has 8 heteroatoms. The Labute approximate surface area is 148 Å². The van der Waals surface area contributed by atoms with Gasteiger partial charge in [-0.15, -0.1) is 0 Å². The van der Waals surface area contributed by atoms with Crippen molar-refractivity contribution in [2.24, 2.45) is 5.92 Å². The number of nitrogens with one attached hydrogen (secondary N) is 1. The van der Waals surface area contributed by atoms with Gasteiger partial charge in [0.1, 0.15) is 11.8 Å². The van der Waals surface area contributed by atoms with Gasteiger partial charge in [0.2, 0.25) is 5.91 Å². The van der Waals surface area contributed by atoms with E-state index < -0.39 is 15.9 Å². The number of benzene rings is 1. The Morgan fingerprint density at radius 3 is 2.16 bits per heavy atom. The zero-order chi connectivity index (χ0) is 18.6. The molecule has 0 spiro atoms. The van der Waals surface area contributed by atoms with Gasteiger partial charge in [-0.2, -0.15) is 0 Å². The summed E-state index contributed by atoms with van der Waals surface area (Å²) in [6, 6.07) is 5.91. The third-order valence-electron chi connectivity index (χ3n) is 4.23. The van der Waals surface area contributed by atoms with E-state index in [0.717, 1.165) is 0 Å². The maximum Gasteiger partial charge on any atom is 0.251 e. The van der Waals surface area contributed by atoms with E-state index in [9.17, 15) is 18.0 Å². The van der Waals surface area contributed by atoms with Gasteiger partial charge in [-0.05, 0) is 30.2 Å². The number of methoxy groups -OCH3 is 1. The van der Waals surface area contributed by atoms with Crippen molar-refractivity contribution in [3.05, 3.63) is 29.8 Å². The molecule has 0 bridgehead atoms. The van der Waals surface area contributed by atoms with Crippen LogP contribution in [0.5, 0.6) is 5.75 Å². The monoisotopic (exact) mass is 368 g/mol. The third kappa shape index (κ3) is 4.94. The molecule has 7 nitrogen and oxygen atoms in total. The van der Waals surface area contributed by atoms with E-state index in [1.54, 1.807) is 31.4 Å². The summed E-state index contributed by atoms with van der Waals surface area (Å²) in [4.78, 5) is 26.7. The van der Waals surface area contributed by atoms with E-state index in [0.29, 0.717) is 11.3 Å². The van der Waals surface area contributed by atoms with Crippen molar-refractivity contribution < 1.29 is 22.7 Å². The molecule has 2 amide bonds. The second kappa shape index (κ2) is 7.86. The first-order valence-corrected chi connectivity index (χ1v) is 10.00. The van der Waals surface area contributed by atoms with Crippen molar-refractivity contribution >= 4 is 21.7 Å². The van der Waals surface area contributed by atoms with Crippen molar-refractivity contribution in [1.29, 1.82) is 0 Å². The predicted molar refractivity (Wildman–Crippen MR) is 94.3 cm³/mol. The second-order valence-electron chi connectivity index (χ2n) is 6.40. The Morgan fingerprint density at radius 1 is 1.12 bits per heavy atom. The second-order valence-corrected chi connectivity index (χ2v) is 8.70. The molecule has 1 unspecified atom stereocenters. The van der Waals surface area contributed by atoms with Crippen LogP contribution < -0.4 is 10.1 Å². The topological polar surface area (TPSA) is 92.8 Å². The molecule has 0 aliphatic carbocycles. The van der Waals surface area contributed by atoms with Gasteiger partial charge in [0.25, 0.3) is 5.91 Å². The van der Waals surface area contributed by atoms with Crippen molar-refractivity contribution in [1.82, 2.24) is 10.2 Å². The number of carbonyl (C=O) groups is 2. The highest BCUT2D eigenvalue weighted by atomic mass is 32.2. The zero-order valence-electron chi connectivity index (χ0n) is 14.7. The molecular formula is C17H24N2O5S. The minimum absolute atomic E-state index is 0.0318. The molecule has 1 saturated heterocycles. The van der Waals surface area contributed by atoms with Crippen molar-refractivity contribution in [2.75, 3.05) is 31.7 Å². The molecule has 1 aromatic carbocycles. The number of carbonyl (C=O) groups excluding carboxylic acids is 2. The van der Waals surface area contributed by atoms with Crippen LogP contribution in [-0.4, -0.2) is 62.9 Å². The number of amides is 2. The Kier molecular flexibility index (Phi) is 6.05. The predicted octanol–water partition coefficient (Wildman–Crippen LogP) is 0.707. The molecule has 0 radical (unpaired) electrons. The molecule has 1 aromatic rings. The van der Waals surface area contributed by atoms with Gasteiger partial charge < -0.3 is 15.0 Å². The normalized spacial score (nSPS) is 17.8. The Morgan fingerprint density at radius 2 is 1.68 bits per heavy atom. The molecule has 2 rings (SSSR count). The number of hydrogen-bond donors (Lipinski definition) is 1. The first-order valence-electron chi connectivity index (χ1n) is 8.17. The average Bonchev–Trinajstić information content (AvgIpc) is 2.58. The van der Waals surface area contributed by atoms with Crippen LogP contribution in [-0.2, 0) is 14.6 Å². The lowest BCUT2D eigenvalue weighted by molar-refractivity contribution is -0.134. The van der Waals surface area contributed by atoms with Crippen molar-refractivity contribution in [3.63, 3.8) is 0 Å². The van der Waals surface area contributed by atoms with E-state index in [4.69, 9.17) is 4.74 Å². The summed E-state index contributed by atoms with van der Waals surface area (Å²) in [7, 11) is -1.52. The molecule has 1 N–H and O–H groups in total. The summed E-state index contributed by atoms with van der Waals surface area (Å²) in [5.41, 5.74) is 0.431. The van der Waals surface area contributed by atoms with Gasteiger partial charge >= 0.3 is 0 Å². The van der Waals surface area contributed by atoms with Crippen LogP contribution in [0, 0.1) is 5.92 Å². The highest BCUT2D eigenvalue weighted by Crippen LogP contribution is 2.14. The Hall–Kier alpha value is -2.09. The van der Waals surface area contributed by atoms with Crippen LogP contribution in [0.3, 0.4) is 0 Å². The summed E-state index contributed by atoms with van der Waals surface area (Å²) in [6.45, 7) is 4.03. The SMILES string of the molecule is COc1ccc(C(=O)NC(C(=O)N2CCS(=O)(=O)CC2)C(C)C)cc1. The molecule has 0 saturated carbocycles. The first-order chi connectivity index (χ1) is 11.7. The van der Waals surface area contributed by atoms with Gasteiger partial charge in [-0.1, -0.05) is 13.8 Å². The molecular weight excluding hydrogens is 344 g/mol. The molecule has 1 aliphatic heterocycles. The summed E-state index contributed by atoms with van der Waals surface area (Å²) in [5, 5.41) is 2.77. The molecule has 1 atom stereocenters. The molecule has 25 heavy (non-hydrogen) atoms. The van der Waals surface area contributed by atoms with Gasteiger partial charge in [0, 0.05) is 18.7 Å². The maximum absolute atomic E-state index is 12.7. The van der Waals surface area contributed by atoms with Crippen molar-refractivity contribution in [3.8, 4) is 5.75 Å². The first kappa shape index (κ1) is 19.2. The fourth-order valence-electron chi connectivity index (χ4n) is 2.61. The largest absolute Gasteiger partial charge is 0.497 e. The molecule has 138 valence electrons. The number of nitrogens with zero attached hydrogens (tertiary/aromatic N) is 1. The Bertz CT molecular complexity index is 714. The van der Waals surface area contributed by atoms with Crippen LogP contribution >= 0.6 is 0 Å².